The molecule has 2 heterocycles. The summed E-state index contributed by atoms with van der Waals surface area (Å²) in [6.07, 6.45) is 0.985. The molecule has 2 rings (SSSR count). The van der Waals surface area contributed by atoms with E-state index in [-0.39, 0.29) is 0 Å². The van der Waals surface area contributed by atoms with E-state index in [9.17, 15) is 0 Å². The zero-order valence-corrected chi connectivity index (χ0v) is 18.2. The molecule has 2 N–H and O–H groups in total. The quantitative estimate of drug-likeness (QED) is 0.369. The van der Waals surface area contributed by atoms with Crippen molar-refractivity contribution in [3.05, 3.63) is 34.4 Å². The van der Waals surface area contributed by atoms with Gasteiger partial charge in [0.1, 0.15) is 0 Å². The molecule has 0 atom stereocenters. The van der Waals surface area contributed by atoms with E-state index < -0.39 is 0 Å². The minimum atomic E-state index is 0.609. The molecule has 8 heteroatoms. The average molecular weight is 390 g/mol. The molecule has 0 saturated heterocycles. The summed E-state index contributed by atoms with van der Waals surface area (Å²) in [5.41, 5.74) is 5.62. The molecule has 0 saturated carbocycles. The first-order chi connectivity index (χ1) is 13.5. The number of nitrogens with one attached hydrogen (secondary N) is 2. The lowest BCUT2D eigenvalue weighted by Gasteiger charge is -2.12. The maximum Gasteiger partial charge on any atom is 0.191 e. The first kappa shape index (κ1) is 21.9. The van der Waals surface area contributed by atoms with Crippen molar-refractivity contribution < 1.29 is 4.74 Å². The molecule has 0 aliphatic heterocycles. The maximum atomic E-state index is 5.16. The van der Waals surface area contributed by atoms with E-state index in [1.165, 1.54) is 11.3 Å². The summed E-state index contributed by atoms with van der Waals surface area (Å²) in [5.74, 6) is 0.833. The normalized spacial score (nSPS) is 11.9. The third kappa shape index (κ3) is 6.09. The van der Waals surface area contributed by atoms with Crippen LogP contribution >= 0.6 is 0 Å². The van der Waals surface area contributed by atoms with E-state index in [0.29, 0.717) is 13.2 Å². The van der Waals surface area contributed by atoms with E-state index in [4.69, 9.17) is 9.73 Å². The number of ether oxygens (including phenoxy) is 1. The van der Waals surface area contributed by atoms with Gasteiger partial charge in [0, 0.05) is 43.7 Å². The van der Waals surface area contributed by atoms with Crippen LogP contribution in [0.25, 0.3) is 0 Å². The molecule has 28 heavy (non-hydrogen) atoms. The summed E-state index contributed by atoms with van der Waals surface area (Å²) in [6.45, 7) is 14.9. The van der Waals surface area contributed by atoms with Gasteiger partial charge in [-0.1, -0.05) is 0 Å². The van der Waals surface area contributed by atoms with Crippen LogP contribution in [0.3, 0.4) is 0 Å². The molecule has 0 aromatic carbocycles. The monoisotopic (exact) mass is 389 g/mol. The number of aromatic nitrogens is 4. The standard InChI is InChI=1S/C20H35N7O/c1-7-21-20(22-9-8-10-26-16(3)13-15(2)24-26)23-14-19-17(4)25-27(18(19)5)11-12-28-6/h13H,7-12,14H2,1-6H3,(H2,21,22,23). The van der Waals surface area contributed by atoms with Crippen LogP contribution in [-0.2, 0) is 24.4 Å². The van der Waals surface area contributed by atoms with Crippen LogP contribution in [0.2, 0.25) is 0 Å². The number of hydrogen-bond acceptors (Lipinski definition) is 4. The summed E-state index contributed by atoms with van der Waals surface area (Å²) in [6, 6.07) is 2.11. The first-order valence-corrected chi connectivity index (χ1v) is 10.0. The van der Waals surface area contributed by atoms with Crippen LogP contribution in [0.5, 0.6) is 0 Å². The molecular formula is C20H35N7O. The van der Waals surface area contributed by atoms with Gasteiger partial charge in [0.2, 0.25) is 0 Å². The Labute approximate surface area is 168 Å². The summed E-state index contributed by atoms with van der Waals surface area (Å²) >= 11 is 0. The highest BCUT2D eigenvalue weighted by Crippen LogP contribution is 2.14. The van der Waals surface area contributed by atoms with Crippen molar-refractivity contribution in [3.8, 4) is 0 Å². The molecule has 8 nitrogen and oxygen atoms in total. The number of methoxy groups -OCH3 is 1. The number of hydrogen-bond donors (Lipinski definition) is 2. The zero-order valence-electron chi connectivity index (χ0n) is 18.2. The van der Waals surface area contributed by atoms with Gasteiger partial charge in [-0.2, -0.15) is 10.2 Å². The molecule has 0 fully saturated rings. The van der Waals surface area contributed by atoms with Crippen LogP contribution in [-0.4, -0.2) is 52.3 Å². The van der Waals surface area contributed by atoms with Gasteiger partial charge in [0.15, 0.2) is 5.96 Å². The molecule has 156 valence electrons. The lowest BCUT2D eigenvalue weighted by atomic mass is 10.2. The van der Waals surface area contributed by atoms with E-state index in [2.05, 4.69) is 52.4 Å². The minimum Gasteiger partial charge on any atom is -0.383 e. The van der Waals surface area contributed by atoms with E-state index in [1.807, 2.05) is 18.5 Å². The Hall–Kier alpha value is -2.35. The van der Waals surface area contributed by atoms with Crippen LogP contribution in [0.4, 0.5) is 0 Å². The summed E-state index contributed by atoms with van der Waals surface area (Å²) in [5, 5.41) is 15.8. The molecule has 0 radical (unpaired) electrons. The van der Waals surface area contributed by atoms with Crippen molar-refractivity contribution in [1.29, 1.82) is 0 Å². The van der Waals surface area contributed by atoms with Crippen molar-refractivity contribution in [1.82, 2.24) is 30.2 Å². The van der Waals surface area contributed by atoms with Gasteiger partial charge in [-0.3, -0.25) is 9.36 Å². The lowest BCUT2D eigenvalue weighted by molar-refractivity contribution is 0.182. The fourth-order valence-electron chi connectivity index (χ4n) is 3.20. The predicted molar refractivity (Wildman–Crippen MR) is 113 cm³/mol. The third-order valence-electron chi connectivity index (χ3n) is 4.72. The topological polar surface area (TPSA) is 81.3 Å². The number of aliphatic imine (C=N–C) groups is 1. The Morgan fingerprint density at radius 3 is 2.54 bits per heavy atom. The summed E-state index contributed by atoms with van der Waals surface area (Å²) < 4.78 is 9.22. The van der Waals surface area contributed by atoms with Gasteiger partial charge in [0.05, 0.1) is 31.1 Å². The van der Waals surface area contributed by atoms with Crippen LogP contribution in [0, 0.1) is 27.7 Å². The first-order valence-electron chi connectivity index (χ1n) is 10.0. The van der Waals surface area contributed by atoms with Crippen molar-refractivity contribution >= 4 is 5.96 Å². The number of rotatable bonds is 10. The van der Waals surface area contributed by atoms with Crippen molar-refractivity contribution in [2.24, 2.45) is 4.99 Å². The maximum absolute atomic E-state index is 5.16. The molecular weight excluding hydrogens is 354 g/mol. The molecule has 2 aromatic heterocycles. The molecule has 0 unspecified atom stereocenters. The highest BCUT2D eigenvalue weighted by Gasteiger charge is 2.11. The van der Waals surface area contributed by atoms with Gasteiger partial charge in [0.25, 0.3) is 0 Å². The SMILES string of the molecule is CCNC(=NCc1c(C)nn(CCOC)c1C)NCCCn1nc(C)cc1C. The Balaban J connectivity index is 1.91. The second kappa shape index (κ2) is 10.8. The third-order valence-corrected chi connectivity index (χ3v) is 4.72. The fraction of sp³-hybridized carbons (Fsp3) is 0.650. The summed E-state index contributed by atoms with van der Waals surface area (Å²) in [7, 11) is 1.71. The van der Waals surface area contributed by atoms with Gasteiger partial charge in [-0.05, 0) is 47.1 Å². The van der Waals surface area contributed by atoms with E-state index >= 15 is 0 Å². The average Bonchev–Trinajstić information content (AvgIpc) is 3.12. The molecule has 0 amide bonds. The molecule has 0 aliphatic rings. The van der Waals surface area contributed by atoms with E-state index in [1.54, 1.807) is 7.11 Å². The number of guanidine groups is 1. The number of nitrogens with zero attached hydrogens (tertiary/aromatic N) is 5. The second-order valence-electron chi connectivity index (χ2n) is 6.99. The lowest BCUT2D eigenvalue weighted by Crippen LogP contribution is -2.38. The largest absolute Gasteiger partial charge is 0.383 e. The molecule has 0 spiro atoms. The second-order valence-corrected chi connectivity index (χ2v) is 6.99. The van der Waals surface area contributed by atoms with Gasteiger partial charge in [-0.15, -0.1) is 0 Å². The molecule has 0 bridgehead atoms. The van der Waals surface area contributed by atoms with E-state index in [0.717, 1.165) is 55.6 Å². The van der Waals surface area contributed by atoms with Crippen molar-refractivity contribution in [3.63, 3.8) is 0 Å². The predicted octanol–water partition coefficient (Wildman–Crippen LogP) is 2.11. The van der Waals surface area contributed by atoms with Gasteiger partial charge >= 0.3 is 0 Å². The van der Waals surface area contributed by atoms with Crippen LogP contribution in [0.1, 0.15) is 41.7 Å². The van der Waals surface area contributed by atoms with Gasteiger partial charge < -0.3 is 15.4 Å². The Morgan fingerprint density at radius 2 is 1.89 bits per heavy atom. The van der Waals surface area contributed by atoms with Crippen molar-refractivity contribution in [2.75, 3.05) is 26.8 Å². The van der Waals surface area contributed by atoms with Crippen LogP contribution < -0.4 is 10.6 Å². The fourth-order valence-corrected chi connectivity index (χ4v) is 3.20. The molecule has 0 aliphatic carbocycles. The zero-order chi connectivity index (χ0) is 20.5. The number of aryl methyl sites for hydroxylation is 4. The Kier molecular flexibility index (Phi) is 8.50. The smallest absolute Gasteiger partial charge is 0.191 e. The Morgan fingerprint density at radius 1 is 1.11 bits per heavy atom. The minimum absolute atomic E-state index is 0.609. The highest BCUT2D eigenvalue weighted by atomic mass is 16.5. The van der Waals surface area contributed by atoms with Gasteiger partial charge in [-0.25, -0.2) is 4.99 Å². The van der Waals surface area contributed by atoms with Crippen LogP contribution in [0.15, 0.2) is 11.1 Å². The molecule has 2 aromatic rings. The highest BCUT2D eigenvalue weighted by molar-refractivity contribution is 5.79. The van der Waals surface area contributed by atoms with Crippen molar-refractivity contribution in [2.45, 2.75) is 60.7 Å². The summed E-state index contributed by atoms with van der Waals surface area (Å²) in [4.78, 5) is 4.75. The Bertz CT molecular complexity index is 776.